The van der Waals surface area contributed by atoms with Gasteiger partial charge < -0.3 is 10.0 Å². The SMILES string of the molecule is CC1CCN(CC(O)CN(C)Cc2cccc(C(F)(F)F)c2)CC1. The van der Waals surface area contributed by atoms with E-state index in [9.17, 15) is 18.3 Å². The van der Waals surface area contributed by atoms with Crippen LogP contribution in [0, 0.1) is 5.92 Å². The molecule has 0 amide bonds. The number of hydrogen-bond donors (Lipinski definition) is 1. The quantitative estimate of drug-likeness (QED) is 0.858. The summed E-state index contributed by atoms with van der Waals surface area (Å²) in [5.41, 5.74) is -0.0253. The van der Waals surface area contributed by atoms with Crippen molar-refractivity contribution in [3.63, 3.8) is 0 Å². The summed E-state index contributed by atoms with van der Waals surface area (Å²) in [4.78, 5) is 4.13. The van der Waals surface area contributed by atoms with Crippen LogP contribution in [0.1, 0.15) is 30.9 Å². The molecule has 136 valence electrons. The zero-order valence-electron chi connectivity index (χ0n) is 14.4. The van der Waals surface area contributed by atoms with Gasteiger partial charge in [0.2, 0.25) is 0 Å². The highest BCUT2D eigenvalue weighted by molar-refractivity contribution is 5.25. The van der Waals surface area contributed by atoms with Gasteiger partial charge in [0.1, 0.15) is 0 Å². The molecule has 1 aliphatic rings. The lowest BCUT2D eigenvalue weighted by molar-refractivity contribution is -0.137. The van der Waals surface area contributed by atoms with E-state index in [2.05, 4.69) is 11.8 Å². The monoisotopic (exact) mass is 344 g/mol. The van der Waals surface area contributed by atoms with Gasteiger partial charge in [-0.2, -0.15) is 13.2 Å². The molecule has 1 heterocycles. The zero-order chi connectivity index (χ0) is 17.7. The van der Waals surface area contributed by atoms with E-state index in [1.54, 1.807) is 6.07 Å². The van der Waals surface area contributed by atoms with Crippen LogP contribution in [0.4, 0.5) is 13.2 Å². The lowest BCUT2D eigenvalue weighted by Crippen LogP contribution is -2.42. The van der Waals surface area contributed by atoms with E-state index in [-0.39, 0.29) is 0 Å². The van der Waals surface area contributed by atoms with Gasteiger partial charge in [-0.25, -0.2) is 0 Å². The minimum atomic E-state index is -4.32. The highest BCUT2D eigenvalue weighted by atomic mass is 19.4. The Labute approximate surface area is 142 Å². The predicted octanol–water partition coefficient (Wildman–Crippen LogP) is 3.23. The Bertz CT molecular complexity index is 513. The Balaban J connectivity index is 1.81. The standard InChI is InChI=1S/C18H27F3N2O/c1-14-6-8-23(9-7-14)13-17(24)12-22(2)11-15-4-3-5-16(10-15)18(19,20)21/h3-5,10,14,17,24H,6-9,11-13H2,1-2H3. The Kier molecular flexibility index (Phi) is 6.66. The van der Waals surface area contributed by atoms with E-state index in [0.29, 0.717) is 25.2 Å². The van der Waals surface area contributed by atoms with Crippen molar-refractivity contribution in [3.8, 4) is 0 Å². The van der Waals surface area contributed by atoms with Gasteiger partial charge in [-0.1, -0.05) is 25.1 Å². The van der Waals surface area contributed by atoms with Crippen molar-refractivity contribution in [3.05, 3.63) is 35.4 Å². The molecule has 1 aromatic rings. The average Bonchev–Trinajstić information content (AvgIpc) is 2.49. The van der Waals surface area contributed by atoms with Crippen molar-refractivity contribution < 1.29 is 18.3 Å². The molecule has 24 heavy (non-hydrogen) atoms. The third kappa shape index (κ3) is 6.07. The second kappa shape index (κ2) is 8.32. The lowest BCUT2D eigenvalue weighted by atomic mass is 9.99. The van der Waals surface area contributed by atoms with Crippen LogP contribution in [0.2, 0.25) is 0 Å². The van der Waals surface area contributed by atoms with E-state index >= 15 is 0 Å². The van der Waals surface area contributed by atoms with Gasteiger partial charge in [-0.05, 0) is 50.5 Å². The first kappa shape index (κ1) is 19.2. The lowest BCUT2D eigenvalue weighted by Gasteiger charge is -2.32. The number of nitrogens with zero attached hydrogens (tertiary/aromatic N) is 2. The molecule has 0 saturated carbocycles. The second-order valence-electron chi connectivity index (χ2n) is 7.03. The third-order valence-electron chi connectivity index (χ3n) is 4.57. The summed E-state index contributed by atoms with van der Waals surface area (Å²) in [5, 5.41) is 10.2. The normalized spacial score (nSPS) is 19.0. The molecule has 0 aromatic heterocycles. The summed E-state index contributed by atoms with van der Waals surface area (Å²) in [6.07, 6.45) is -2.49. The molecule has 2 rings (SSSR count). The number of β-amino-alcohol motifs (C(OH)–C–C–N with tert-alkyl or cyclic N) is 1. The van der Waals surface area contributed by atoms with Crippen LogP contribution < -0.4 is 0 Å². The Morgan fingerprint density at radius 3 is 2.58 bits per heavy atom. The fourth-order valence-electron chi connectivity index (χ4n) is 3.18. The molecule has 0 radical (unpaired) electrons. The van der Waals surface area contributed by atoms with Crippen LogP contribution in [0.5, 0.6) is 0 Å². The maximum absolute atomic E-state index is 12.7. The minimum Gasteiger partial charge on any atom is -0.390 e. The van der Waals surface area contributed by atoms with Crippen molar-refractivity contribution in [2.75, 3.05) is 33.2 Å². The van der Waals surface area contributed by atoms with Gasteiger partial charge in [-0.15, -0.1) is 0 Å². The number of rotatable bonds is 6. The molecule has 0 aliphatic carbocycles. The number of halogens is 3. The predicted molar refractivity (Wildman–Crippen MR) is 88.6 cm³/mol. The smallest absolute Gasteiger partial charge is 0.390 e. The number of benzene rings is 1. The van der Waals surface area contributed by atoms with E-state index < -0.39 is 17.8 Å². The van der Waals surface area contributed by atoms with Gasteiger partial charge in [0.05, 0.1) is 11.7 Å². The maximum Gasteiger partial charge on any atom is 0.416 e. The summed E-state index contributed by atoms with van der Waals surface area (Å²) < 4.78 is 38.2. The molecule has 3 nitrogen and oxygen atoms in total. The van der Waals surface area contributed by atoms with Crippen LogP contribution in [0.15, 0.2) is 24.3 Å². The van der Waals surface area contributed by atoms with Crippen LogP contribution in [0.3, 0.4) is 0 Å². The van der Waals surface area contributed by atoms with Crippen molar-refractivity contribution in [1.29, 1.82) is 0 Å². The average molecular weight is 344 g/mol. The maximum atomic E-state index is 12.7. The zero-order valence-corrected chi connectivity index (χ0v) is 14.4. The minimum absolute atomic E-state index is 0.387. The van der Waals surface area contributed by atoms with Crippen LogP contribution >= 0.6 is 0 Å². The second-order valence-corrected chi connectivity index (χ2v) is 7.03. The molecule has 1 unspecified atom stereocenters. The highest BCUT2D eigenvalue weighted by Gasteiger charge is 2.30. The number of likely N-dealkylation sites (N-methyl/N-ethyl adjacent to an activating group) is 1. The molecule has 0 bridgehead atoms. The Morgan fingerprint density at radius 2 is 1.96 bits per heavy atom. The van der Waals surface area contributed by atoms with Gasteiger partial charge in [0, 0.05) is 19.6 Å². The molecule has 1 aliphatic heterocycles. The van der Waals surface area contributed by atoms with E-state index in [0.717, 1.165) is 37.9 Å². The molecule has 1 saturated heterocycles. The third-order valence-corrected chi connectivity index (χ3v) is 4.57. The van der Waals surface area contributed by atoms with Crippen LogP contribution in [0.25, 0.3) is 0 Å². The van der Waals surface area contributed by atoms with Crippen molar-refractivity contribution in [2.24, 2.45) is 5.92 Å². The number of likely N-dealkylation sites (tertiary alicyclic amines) is 1. The highest BCUT2D eigenvalue weighted by Crippen LogP contribution is 2.29. The summed E-state index contributed by atoms with van der Waals surface area (Å²) in [7, 11) is 1.82. The number of piperidine rings is 1. The molecule has 1 fully saturated rings. The molecule has 6 heteroatoms. The molecule has 1 aromatic carbocycles. The summed E-state index contributed by atoms with van der Waals surface area (Å²) in [6, 6.07) is 5.37. The Morgan fingerprint density at radius 1 is 1.29 bits per heavy atom. The summed E-state index contributed by atoms with van der Waals surface area (Å²) >= 11 is 0. The van der Waals surface area contributed by atoms with Gasteiger partial charge in [-0.3, -0.25) is 4.90 Å². The number of hydrogen-bond acceptors (Lipinski definition) is 3. The van der Waals surface area contributed by atoms with Crippen LogP contribution in [-0.4, -0.2) is 54.2 Å². The van der Waals surface area contributed by atoms with E-state index in [1.165, 1.54) is 12.1 Å². The molecule has 1 atom stereocenters. The summed E-state index contributed by atoms with van der Waals surface area (Å²) in [5.74, 6) is 0.752. The summed E-state index contributed by atoms with van der Waals surface area (Å²) in [6.45, 7) is 5.72. The van der Waals surface area contributed by atoms with Crippen molar-refractivity contribution in [2.45, 2.75) is 38.6 Å². The number of alkyl halides is 3. The number of aliphatic hydroxyl groups is 1. The molecular weight excluding hydrogens is 317 g/mol. The van der Waals surface area contributed by atoms with Gasteiger partial charge in [0.15, 0.2) is 0 Å². The van der Waals surface area contributed by atoms with Gasteiger partial charge in [0.25, 0.3) is 0 Å². The van der Waals surface area contributed by atoms with Gasteiger partial charge >= 0.3 is 6.18 Å². The molecular formula is C18H27F3N2O. The van der Waals surface area contributed by atoms with Crippen molar-refractivity contribution in [1.82, 2.24) is 9.80 Å². The number of aliphatic hydroxyl groups excluding tert-OH is 1. The van der Waals surface area contributed by atoms with E-state index in [4.69, 9.17) is 0 Å². The molecule has 1 N–H and O–H groups in total. The molecule has 0 spiro atoms. The fraction of sp³-hybridized carbons (Fsp3) is 0.667. The largest absolute Gasteiger partial charge is 0.416 e. The fourth-order valence-corrected chi connectivity index (χ4v) is 3.18. The topological polar surface area (TPSA) is 26.7 Å². The Hall–Kier alpha value is -1.11. The van der Waals surface area contributed by atoms with E-state index in [1.807, 2.05) is 11.9 Å². The first-order valence-electron chi connectivity index (χ1n) is 8.49. The van der Waals surface area contributed by atoms with Crippen molar-refractivity contribution >= 4 is 0 Å². The van der Waals surface area contributed by atoms with Crippen LogP contribution in [-0.2, 0) is 12.7 Å². The first-order valence-corrected chi connectivity index (χ1v) is 8.49. The first-order chi connectivity index (χ1) is 11.2.